The Bertz CT molecular complexity index is 592. The molecule has 0 aliphatic rings. The molecule has 0 saturated carbocycles. The lowest BCUT2D eigenvalue weighted by atomic mass is 10.3. The molecule has 94 valence electrons. The summed E-state index contributed by atoms with van der Waals surface area (Å²) in [6.07, 6.45) is 0.127. The van der Waals surface area contributed by atoms with Crippen molar-refractivity contribution in [3.05, 3.63) is 34.3 Å². The number of aromatic nitrogens is 2. The number of para-hydroxylation sites is 1. The number of nitrogens with zero attached hydrogens (tertiary/aromatic N) is 2. The van der Waals surface area contributed by atoms with Crippen LogP contribution in [-0.2, 0) is 4.79 Å². The average molecular weight is 298 g/mol. The molecule has 2 aromatic rings. The summed E-state index contributed by atoms with van der Waals surface area (Å²) in [6.45, 7) is 0. The van der Waals surface area contributed by atoms with Gasteiger partial charge in [0, 0.05) is 5.75 Å². The Balaban J connectivity index is 2.13. The molecule has 0 amide bonds. The minimum Gasteiger partial charge on any atom is -0.481 e. The Labute approximate surface area is 117 Å². The van der Waals surface area contributed by atoms with Crippen molar-refractivity contribution in [1.29, 1.82) is 0 Å². The van der Waals surface area contributed by atoms with Gasteiger partial charge in [-0.05, 0) is 24.4 Å². The monoisotopic (exact) mass is 298 g/mol. The first-order chi connectivity index (χ1) is 8.66. The standard InChI is InChI=1S/C11H10N2O2S3/c14-9(15)6-7-17-10-12-13(11(16)18-10)8-4-2-1-3-5-8/h1-5H,6-7H2,(H,14,15). The number of rotatable bonds is 5. The molecule has 0 fully saturated rings. The number of aliphatic carboxylic acids is 1. The molecule has 1 heterocycles. The van der Waals surface area contributed by atoms with Crippen LogP contribution in [0.2, 0.25) is 0 Å². The number of benzene rings is 1. The zero-order chi connectivity index (χ0) is 13.0. The van der Waals surface area contributed by atoms with Crippen LogP contribution in [0.15, 0.2) is 34.7 Å². The Morgan fingerprint density at radius 1 is 1.44 bits per heavy atom. The minimum absolute atomic E-state index is 0.127. The van der Waals surface area contributed by atoms with Gasteiger partial charge >= 0.3 is 5.97 Å². The van der Waals surface area contributed by atoms with Crippen molar-refractivity contribution in [3.8, 4) is 5.69 Å². The highest BCUT2D eigenvalue weighted by Crippen LogP contribution is 2.24. The summed E-state index contributed by atoms with van der Waals surface area (Å²) in [6, 6.07) is 9.64. The summed E-state index contributed by atoms with van der Waals surface area (Å²) in [5.74, 6) is -0.291. The largest absolute Gasteiger partial charge is 0.481 e. The molecule has 0 unspecified atom stereocenters. The van der Waals surface area contributed by atoms with Crippen LogP contribution in [0.5, 0.6) is 0 Å². The second-order valence-electron chi connectivity index (χ2n) is 3.37. The topological polar surface area (TPSA) is 55.1 Å². The molecule has 18 heavy (non-hydrogen) atoms. The second kappa shape index (κ2) is 6.12. The van der Waals surface area contributed by atoms with Crippen molar-refractivity contribution >= 4 is 41.3 Å². The molecule has 0 aliphatic carbocycles. The molecule has 0 radical (unpaired) electrons. The highest BCUT2D eigenvalue weighted by atomic mass is 32.2. The van der Waals surface area contributed by atoms with Crippen LogP contribution < -0.4 is 0 Å². The first-order valence-corrected chi connectivity index (χ1v) is 7.38. The van der Waals surface area contributed by atoms with E-state index in [-0.39, 0.29) is 6.42 Å². The van der Waals surface area contributed by atoms with E-state index in [0.29, 0.717) is 9.71 Å². The van der Waals surface area contributed by atoms with Gasteiger partial charge in [0.15, 0.2) is 8.29 Å². The van der Waals surface area contributed by atoms with Gasteiger partial charge in [-0.2, -0.15) is 0 Å². The smallest absolute Gasteiger partial charge is 0.304 e. The first kappa shape index (κ1) is 13.3. The summed E-state index contributed by atoms with van der Waals surface area (Å²) in [5.41, 5.74) is 0.920. The lowest BCUT2D eigenvalue weighted by molar-refractivity contribution is -0.136. The van der Waals surface area contributed by atoms with Crippen LogP contribution in [0.1, 0.15) is 6.42 Å². The molecular weight excluding hydrogens is 288 g/mol. The molecular formula is C11H10N2O2S3. The molecule has 0 spiro atoms. The molecule has 0 atom stereocenters. The van der Waals surface area contributed by atoms with E-state index in [2.05, 4.69) is 5.10 Å². The van der Waals surface area contributed by atoms with Gasteiger partial charge in [-0.3, -0.25) is 4.79 Å². The first-order valence-electron chi connectivity index (χ1n) is 5.17. The molecule has 0 saturated heterocycles. The maximum absolute atomic E-state index is 10.4. The van der Waals surface area contributed by atoms with Gasteiger partial charge in [0.1, 0.15) is 0 Å². The van der Waals surface area contributed by atoms with Crippen LogP contribution in [0.4, 0.5) is 0 Å². The zero-order valence-corrected chi connectivity index (χ0v) is 11.7. The van der Waals surface area contributed by atoms with Crippen molar-refractivity contribution < 1.29 is 9.90 Å². The predicted molar refractivity (Wildman–Crippen MR) is 75.3 cm³/mol. The third-order valence-electron chi connectivity index (χ3n) is 2.07. The van der Waals surface area contributed by atoms with Crippen LogP contribution in [-0.4, -0.2) is 26.6 Å². The summed E-state index contributed by atoms with van der Waals surface area (Å²) >= 11 is 8.06. The van der Waals surface area contributed by atoms with Gasteiger partial charge in [0.2, 0.25) is 0 Å². The fourth-order valence-electron chi connectivity index (χ4n) is 1.28. The SMILES string of the molecule is O=C(O)CCSc1nn(-c2ccccc2)c(=S)s1. The molecule has 4 nitrogen and oxygen atoms in total. The highest BCUT2D eigenvalue weighted by molar-refractivity contribution is 8.01. The number of carboxylic acid groups (broad SMARTS) is 1. The second-order valence-corrected chi connectivity index (χ2v) is 6.34. The van der Waals surface area contributed by atoms with E-state index in [1.165, 1.54) is 23.1 Å². The molecule has 1 aromatic carbocycles. The molecule has 1 N–H and O–H groups in total. The van der Waals surface area contributed by atoms with E-state index in [4.69, 9.17) is 17.3 Å². The van der Waals surface area contributed by atoms with E-state index in [1.54, 1.807) is 4.68 Å². The van der Waals surface area contributed by atoms with Crippen molar-refractivity contribution in [3.63, 3.8) is 0 Å². The van der Waals surface area contributed by atoms with Gasteiger partial charge in [0.25, 0.3) is 0 Å². The third kappa shape index (κ3) is 3.41. The number of carbonyl (C=O) groups is 1. The van der Waals surface area contributed by atoms with Gasteiger partial charge in [-0.15, -0.1) is 5.10 Å². The van der Waals surface area contributed by atoms with Gasteiger partial charge < -0.3 is 5.11 Å². The lowest BCUT2D eigenvalue weighted by Crippen LogP contribution is -1.97. The molecule has 0 bridgehead atoms. The van der Waals surface area contributed by atoms with Crippen molar-refractivity contribution in [1.82, 2.24) is 9.78 Å². The van der Waals surface area contributed by atoms with E-state index in [9.17, 15) is 4.79 Å². The van der Waals surface area contributed by atoms with Crippen molar-refractivity contribution in [2.45, 2.75) is 10.8 Å². The fourth-order valence-corrected chi connectivity index (χ4v) is 3.64. The number of hydrogen-bond donors (Lipinski definition) is 1. The van der Waals surface area contributed by atoms with E-state index < -0.39 is 5.97 Å². The van der Waals surface area contributed by atoms with E-state index in [0.717, 1.165) is 10.0 Å². The van der Waals surface area contributed by atoms with Crippen molar-refractivity contribution in [2.75, 3.05) is 5.75 Å². The van der Waals surface area contributed by atoms with Crippen LogP contribution in [0, 0.1) is 3.95 Å². The third-order valence-corrected chi connectivity index (χ3v) is 4.44. The lowest BCUT2D eigenvalue weighted by Gasteiger charge is -1.98. The molecule has 1 aromatic heterocycles. The number of thioether (sulfide) groups is 1. The van der Waals surface area contributed by atoms with E-state index >= 15 is 0 Å². The van der Waals surface area contributed by atoms with Gasteiger partial charge in [-0.1, -0.05) is 41.3 Å². The van der Waals surface area contributed by atoms with Gasteiger partial charge in [-0.25, -0.2) is 4.68 Å². The molecule has 0 aliphatic heterocycles. The Morgan fingerprint density at radius 2 is 2.17 bits per heavy atom. The summed E-state index contributed by atoms with van der Waals surface area (Å²) < 4.78 is 3.16. The number of carboxylic acids is 1. The number of hydrogen-bond acceptors (Lipinski definition) is 5. The van der Waals surface area contributed by atoms with Crippen LogP contribution in [0.3, 0.4) is 0 Å². The molecule has 7 heteroatoms. The maximum Gasteiger partial charge on any atom is 0.304 e. The predicted octanol–water partition coefficient (Wildman–Crippen LogP) is 3.23. The summed E-state index contributed by atoms with van der Waals surface area (Å²) in [4.78, 5) is 10.4. The normalized spacial score (nSPS) is 10.4. The summed E-state index contributed by atoms with van der Waals surface area (Å²) in [7, 11) is 0. The highest BCUT2D eigenvalue weighted by Gasteiger charge is 2.06. The Kier molecular flexibility index (Phi) is 4.51. The Hall–Kier alpha value is -1.18. The quantitative estimate of drug-likeness (QED) is 0.678. The fraction of sp³-hybridized carbons (Fsp3) is 0.182. The average Bonchev–Trinajstić information content (AvgIpc) is 2.71. The maximum atomic E-state index is 10.4. The molecule has 2 rings (SSSR count). The summed E-state index contributed by atoms with van der Waals surface area (Å²) in [5, 5.41) is 13.0. The van der Waals surface area contributed by atoms with Crippen molar-refractivity contribution in [2.24, 2.45) is 0 Å². The van der Waals surface area contributed by atoms with E-state index in [1.807, 2.05) is 30.3 Å². The minimum atomic E-state index is -0.798. The van der Waals surface area contributed by atoms with Gasteiger partial charge in [0.05, 0.1) is 12.1 Å². The van der Waals surface area contributed by atoms with Crippen LogP contribution in [0.25, 0.3) is 5.69 Å². The zero-order valence-electron chi connectivity index (χ0n) is 9.28. The van der Waals surface area contributed by atoms with Crippen LogP contribution >= 0.6 is 35.3 Å². The Morgan fingerprint density at radius 3 is 2.83 bits per heavy atom.